The maximum atomic E-state index is 7.59. The van der Waals surface area contributed by atoms with Gasteiger partial charge in [0.25, 0.3) is 0 Å². The standard InChI is InChI=1S/C55H38N4/c1-55(2)50-28-26-42(34-48(50)49-35-47(56-3)27-29-51(49)55)39-24-22-38(23-25-39)41-20-13-21-43(30-41)53-57-52(40-18-11-6-12-19-40)58-54(59-53)46-32-44(36-14-7-4-8-15-36)31-45(33-46)37-16-9-5-10-17-37/h4-35H,1-2H3. The lowest BCUT2D eigenvalue weighted by Crippen LogP contribution is -2.14. The van der Waals surface area contributed by atoms with E-state index in [-0.39, 0.29) is 5.41 Å². The minimum Gasteiger partial charge on any atom is -0.238 e. The van der Waals surface area contributed by atoms with Gasteiger partial charge >= 0.3 is 0 Å². The third-order valence-corrected chi connectivity index (χ3v) is 11.5. The Hall–Kier alpha value is -7.74. The van der Waals surface area contributed by atoms with Gasteiger partial charge in [0.05, 0.1) is 6.57 Å². The molecule has 9 aromatic rings. The van der Waals surface area contributed by atoms with Crippen LogP contribution in [0.4, 0.5) is 5.69 Å². The fourth-order valence-corrected chi connectivity index (χ4v) is 8.40. The molecule has 0 spiro atoms. The molecule has 0 saturated heterocycles. The minimum absolute atomic E-state index is 0.114. The summed E-state index contributed by atoms with van der Waals surface area (Å²) in [4.78, 5) is 19.1. The van der Waals surface area contributed by atoms with Crippen molar-refractivity contribution in [1.29, 1.82) is 0 Å². The van der Waals surface area contributed by atoms with Crippen LogP contribution >= 0.6 is 0 Å². The molecule has 1 aromatic heterocycles. The number of aromatic nitrogens is 3. The second kappa shape index (κ2) is 14.6. The molecular weight excluding hydrogens is 717 g/mol. The first-order valence-corrected chi connectivity index (χ1v) is 19.9. The molecule has 0 aliphatic heterocycles. The first kappa shape index (κ1) is 35.7. The quantitative estimate of drug-likeness (QED) is 0.152. The molecule has 0 saturated carbocycles. The second-order valence-corrected chi connectivity index (χ2v) is 15.6. The minimum atomic E-state index is -0.114. The number of hydrogen-bond acceptors (Lipinski definition) is 3. The number of rotatable bonds is 7. The molecule has 0 unspecified atom stereocenters. The summed E-state index contributed by atoms with van der Waals surface area (Å²) in [5, 5.41) is 0. The molecule has 0 N–H and O–H groups in total. The Morgan fingerprint density at radius 2 is 0.729 bits per heavy atom. The van der Waals surface area contributed by atoms with Crippen molar-refractivity contribution in [3.63, 3.8) is 0 Å². The first-order valence-electron chi connectivity index (χ1n) is 19.9. The van der Waals surface area contributed by atoms with Crippen LogP contribution in [0, 0.1) is 6.57 Å². The predicted octanol–water partition coefficient (Wildman–Crippen LogP) is 14.4. The zero-order valence-corrected chi connectivity index (χ0v) is 32.8. The van der Waals surface area contributed by atoms with E-state index in [1.54, 1.807) is 0 Å². The summed E-state index contributed by atoms with van der Waals surface area (Å²) in [5.41, 5.74) is 17.2. The topological polar surface area (TPSA) is 43.0 Å². The molecule has 0 amide bonds. The van der Waals surface area contributed by atoms with Crippen LogP contribution in [-0.4, -0.2) is 15.0 Å². The van der Waals surface area contributed by atoms with E-state index in [1.165, 1.54) is 16.7 Å². The summed E-state index contributed by atoms with van der Waals surface area (Å²) >= 11 is 0. The van der Waals surface area contributed by atoms with E-state index in [0.29, 0.717) is 23.2 Å². The third-order valence-electron chi connectivity index (χ3n) is 11.5. The summed E-state index contributed by atoms with van der Waals surface area (Å²) in [6.45, 7) is 12.1. The van der Waals surface area contributed by atoms with Gasteiger partial charge in [-0.05, 0) is 103 Å². The fourth-order valence-electron chi connectivity index (χ4n) is 8.40. The summed E-state index contributed by atoms with van der Waals surface area (Å²) in [6.07, 6.45) is 0. The molecule has 0 fully saturated rings. The lowest BCUT2D eigenvalue weighted by molar-refractivity contribution is 0.660. The van der Waals surface area contributed by atoms with Crippen molar-refractivity contribution < 1.29 is 0 Å². The predicted molar refractivity (Wildman–Crippen MR) is 242 cm³/mol. The van der Waals surface area contributed by atoms with Crippen LogP contribution in [0.15, 0.2) is 194 Å². The highest BCUT2D eigenvalue weighted by Gasteiger charge is 2.35. The smallest absolute Gasteiger partial charge is 0.187 e. The summed E-state index contributed by atoms with van der Waals surface area (Å²) < 4.78 is 0. The molecule has 8 aromatic carbocycles. The van der Waals surface area contributed by atoms with Crippen LogP contribution in [0.25, 0.3) is 94.6 Å². The largest absolute Gasteiger partial charge is 0.238 e. The summed E-state index contributed by atoms with van der Waals surface area (Å²) in [5.74, 6) is 1.85. The van der Waals surface area contributed by atoms with Gasteiger partial charge in [0.2, 0.25) is 0 Å². The highest BCUT2D eigenvalue weighted by atomic mass is 15.0. The lowest BCUT2D eigenvalue weighted by Gasteiger charge is -2.21. The number of benzene rings is 8. The Balaban J connectivity index is 1.03. The van der Waals surface area contributed by atoms with Crippen molar-refractivity contribution in [2.24, 2.45) is 0 Å². The fraction of sp³-hybridized carbons (Fsp3) is 0.0545. The van der Waals surface area contributed by atoms with Gasteiger partial charge in [0, 0.05) is 22.1 Å². The highest BCUT2D eigenvalue weighted by Crippen LogP contribution is 2.50. The van der Waals surface area contributed by atoms with Crippen molar-refractivity contribution in [3.8, 4) is 89.8 Å². The molecule has 0 radical (unpaired) electrons. The Labute approximate surface area is 345 Å². The monoisotopic (exact) mass is 754 g/mol. The van der Waals surface area contributed by atoms with E-state index >= 15 is 0 Å². The molecule has 1 aliphatic carbocycles. The summed E-state index contributed by atoms with van der Waals surface area (Å²) in [7, 11) is 0. The molecule has 0 atom stereocenters. The molecular formula is C55H38N4. The number of fused-ring (bicyclic) bond motifs is 3. The molecule has 1 aliphatic rings. The SMILES string of the molecule is [C-]#[N+]c1ccc2c(c1)-c1cc(-c3ccc(-c4cccc(-c5nc(-c6ccccc6)nc(-c6cc(-c7ccccc7)cc(-c7ccccc7)c6)n5)c4)cc3)ccc1C2(C)C. The van der Waals surface area contributed by atoms with E-state index in [2.05, 4.69) is 158 Å². The molecule has 1 heterocycles. The van der Waals surface area contributed by atoms with Crippen LogP contribution in [0.3, 0.4) is 0 Å². The Kier molecular flexibility index (Phi) is 8.85. The lowest BCUT2D eigenvalue weighted by atomic mass is 9.82. The molecule has 0 bridgehead atoms. The number of nitrogens with zero attached hydrogens (tertiary/aromatic N) is 4. The number of hydrogen-bond donors (Lipinski definition) is 0. The van der Waals surface area contributed by atoms with Crippen molar-refractivity contribution in [1.82, 2.24) is 15.0 Å². The normalized spacial score (nSPS) is 12.4. The van der Waals surface area contributed by atoms with E-state index in [4.69, 9.17) is 21.5 Å². The molecule has 59 heavy (non-hydrogen) atoms. The van der Waals surface area contributed by atoms with E-state index in [1.807, 2.05) is 54.6 Å². The van der Waals surface area contributed by atoms with Crippen molar-refractivity contribution in [3.05, 3.63) is 217 Å². The average molecular weight is 755 g/mol. The van der Waals surface area contributed by atoms with Gasteiger partial charge in [-0.2, -0.15) is 0 Å². The van der Waals surface area contributed by atoms with Crippen LogP contribution < -0.4 is 0 Å². The highest BCUT2D eigenvalue weighted by molar-refractivity contribution is 5.87. The van der Waals surface area contributed by atoms with Crippen LogP contribution in [-0.2, 0) is 5.41 Å². The van der Waals surface area contributed by atoms with Gasteiger partial charge in [-0.1, -0.05) is 172 Å². The van der Waals surface area contributed by atoms with Crippen LogP contribution in [0.1, 0.15) is 25.0 Å². The Bertz CT molecular complexity index is 3000. The van der Waals surface area contributed by atoms with Gasteiger partial charge in [-0.25, -0.2) is 19.8 Å². The van der Waals surface area contributed by atoms with Crippen molar-refractivity contribution >= 4 is 5.69 Å². The first-order chi connectivity index (χ1) is 28.9. The second-order valence-electron chi connectivity index (χ2n) is 15.6. The molecule has 4 nitrogen and oxygen atoms in total. The molecule has 278 valence electrons. The maximum absolute atomic E-state index is 7.59. The van der Waals surface area contributed by atoms with E-state index < -0.39 is 0 Å². The Morgan fingerprint density at radius 3 is 1.31 bits per heavy atom. The molecule has 10 rings (SSSR count). The molecule has 4 heteroatoms. The van der Waals surface area contributed by atoms with Crippen LogP contribution in [0.2, 0.25) is 0 Å². The third kappa shape index (κ3) is 6.69. The average Bonchev–Trinajstić information content (AvgIpc) is 3.54. The van der Waals surface area contributed by atoms with E-state index in [0.717, 1.165) is 66.8 Å². The maximum Gasteiger partial charge on any atom is 0.187 e. The zero-order chi connectivity index (χ0) is 39.9. The van der Waals surface area contributed by atoms with E-state index in [9.17, 15) is 0 Å². The van der Waals surface area contributed by atoms with Gasteiger partial charge < -0.3 is 0 Å². The van der Waals surface area contributed by atoms with Gasteiger partial charge in [-0.3, -0.25) is 0 Å². The van der Waals surface area contributed by atoms with Gasteiger partial charge in [0.15, 0.2) is 23.2 Å². The zero-order valence-electron chi connectivity index (χ0n) is 32.8. The summed E-state index contributed by atoms with van der Waals surface area (Å²) in [6, 6.07) is 67.7. The van der Waals surface area contributed by atoms with Gasteiger partial charge in [0.1, 0.15) is 0 Å². The van der Waals surface area contributed by atoms with Crippen LogP contribution in [0.5, 0.6) is 0 Å². The van der Waals surface area contributed by atoms with Crippen molar-refractivity contribution in [2.75, 3.05) is 0 Å². The Morgan fingerprint density at radius 1 is 0.339 bits per heavy atom. The van der Waals surface area contributed by atoms with Crippen molar-refractivity contribution in [2.45, 2.75) is 19.3 Å². The van der Waals surface area contributed by atoms with Gasteiger partial charge in [-0.15, -0.1) is 0 Å².